The second-order valence-corrected chi connectivity index (χ2v) is 7.14. The molecule has 2 heterocycles. The minimum absolute atomic E-state index is 0.109. The van der Waals surface area contributed by atoms with Gasteiger partial charge >= 0.3 is 0 Å². The Bertz CT molecular complexity index is 1080. The summed E-state index contributed by atoms with van der Waals surface area (Å²) in [7, 11) is 0. The number of carbonyl (C=O) groups is 2. The second-order valence-electron chi connectivity index (χ2n) is 6.14. The number of nitro benzene ring substituents is 1. The summed E-state index contributed by atoms with van der Waals surface area (Å²) in [6.45, 7) is 3.11. The Kier molecular flexibility index (Phi) is 5.93. The molecule has 0 unspecified atom stereocenters. The number of nitrogens with one attached hydrogen (secondary N) is 2. The predicted octanol–water partition coefficient (Wildman–Crippen LogP) is 3.10. The zero-order valence-corrected chi connectivity index (χ0v) is 16.4. The Morgan fingerprint density at radius 2 is 2.00 bits per heavy atom. The number of nitro groups is 1. The van der Waals surface area contributed by atoms with Gasteiger partial charge in [-0.3, -0.25) is 24.7 Å². The van der Waals surface area contributed by atoms with Gasteiger partial charge in [0, 0.05) is 23.4 Å². The van der Waals surface area contributed by atoms with Gasteiger partial charge in [-0.15, -0.1) is 0 Å². The van der Waals surface area contributed by atoms with Crippen LogP contribution < -0.4 is 10.6 Å². The average molecular weight is 411 g/mol. The van der Waals surface area contributed by atoms with Crippen LogP contribution in [0.2, 0.25) is 0 Å². The van der Waals surface area contributed by atoms with Crippen LogP contribution in [0, 0.1) is 24.0 Å². The van der Waals surface area contributed by atoms with E-state index in [9.17, 15) is 19.7 Å². The maximum atomic E-state index is 12.2. The molecule has 0 aliphatic rings. The standard InChI is InChI=1S/C19H17N5O4S/c1-11-6-7-13(9-15(11)24(27)28)18(26)21-10-16(25)23-19-22-12(2)17(29-19)14-5-3-4-8-20-14/h3-9H,10H2,1-2H3,(H,21,26)(H,22,23,25). The lowest BCUT2D eigenvalue weighted by Gasteiger charge is -2.06. The van der Waals surface area contributed by atoms with Gasteiger partial charge < -0.3 is 10.6 Å². The van der Waals surface area contributed by atoms with Crippen LogP contribution >= 0.6 is 11.3 Å². The van der Waals surface area contributed by atoms with Crippen LogP contribution in [-0.4, -0.2) is 33.3 Å². The van der Waals surface area contributed by atoms with Gasteiger partial charge in [-0.05, 0) is 32.0 Å². The molecule has 148 valence electrons. The molecule has 0 aliphatic heterocycles. The molecular weight excluding hydrogens is 394 g/mol. The predicted molar refractivity (Wildman–Crippen MR) is 109 cm³/mol. The molecule has 10 heteroatoms. The van der Waals surface area contributed by atoms with Gasteiger partial charge in [0.25, 0.3) is 11.6 Å². The summed E-state index contributed by atoms with van der Waals surface area (Å²) in [4.78, 5) is 44.2. The van der Waals surface area contributed by atoms with Crippen LogP contribution in [0.1, 0.15) is 21.6 Å². The topological polar surface area (TPSA) is 127 Å². The maximum absolute atomic E-state index is 12.2. The van der Waals surface area contributed by atoms with E-state index in [1.54, 1.807) is 13.1 Å². The van der Waals surface area contributed by atoms with Crippen LogP contribution in [0.3, 0.4) is 0 Å². The minimum Gasteiger partial charge on any atom is -0.343 e. The van der Waals surface area contributed by atoms with Gasteiger partial charge in [0.15, 0.2) is 5.13 Å². The second kappa shape index (κ2) is 8.57. The molecule has 1 aromatic carbocycles. The van der Waals surface area contributed by atoms with Crippen molar-refractivity contribution < 1.29 is 14.5 Å². The summed E-state index contributed by atoms with van der Waals surface area (Å²) >= 11 is 1.29. The number of carbonyl (C=O) groups excluding carboxylic acids is 2. The summed E-state index contributed by atoms with van der Waals surface area (Å²) in [5.74, 6) is -1.03. The van der Waals surface area contributed by atoms with Crippen molar-refractivity contribution in [1.82, 2.24) is 15.3 Å². The number of pyridine rings is 1. The lowest BCUT2D eigenvalue weighted by atomic mass is 10.1. The quantitative estimate of drug-likeness (QED) is 0.474. The highest BCUT2D eigenvalue weighted by atomic mass is 32.1. The van der Waals surface area contributed by atoms with Crippen LogP contribution in [0.5, 0.6) is 0 Å². The van der Waals surface area contributed by atoms with E-state index >= 15 is 0 Å². The van der Waals surface area contributed by atoms with Gasteiger partial charge in [0.1, 0.15) is 0 Å². The third-order valence-electron chi connectivity index (χ3n) is 4.02. The number of amides is 2. The van der Waals surface area contributed by atoms with Crippen molar-refractivity contribution >= 4 is 34.0 Å². The SMILES string of the molecule is Cc1ccc(C(=O)NCC(=O)Nc2nc(C)c(-c3ccccn3)s2)cc1[N+](=O)[O-]. The van der Waals surface area contributed by atoms with Crippen LogP contribution in [0.4, 0.5) is 10.8 Å². The largest absolute Gasteiger partial charge is 0.343 e. The summed E-state index contributed by atoms with van der Waals surface area (Å²) in [5.41, 5.74) is 1.91. The van der Waals surface area contributed by atoms with E-state index in [0.717, 1.165) is 16.3 Å². The molecule has 0 atom stereocenters. The molecule has 3 aromatic rings. The summed E-state index contributed by atoms with van der Waals surface area (Å²) in [6.07, 6.45) is 1.68. The van der Waals surface area contributed by atoms with Crippen LogP contribution in [-0.2, 0) is 4.79 Å². The van der Waals surface area contributed by atoms with E-state index in [-0.39, 0.29) is 17.8 Å². The molecule has 9 nitrogen and oxygen atoms in total. The van der Waals surface area contributed by atoms with Crippen LogP contribution in [0.15, 0.2) is 42.6 Å². The van der Waals surface area contributed by atoms with E-state index in [4.69, 9.17) is 0 Å². The Morgan fingerprint density at radius 1 is 1.21 bits per heavy atom. The van der Waals surface area contributed by atoms with E-state index < -0.39 is 16.7 Å². The van der Waals surface area contributed by atoms with Gasteiger partial charge in [-0.1, -0.05) is 23.5 Å². The maximum Gasteiger partial charge on any atom is 0.273 e. The number of hydrogen-bond acceptors (Lipinski definition) is 7. The number of aryl methyl sites for hydroxylation is 2. The molecule has 2 aromatic heterocycles. The third kappa shape index (κ3) is 4.79. The molecule has 0 spiro atoms. The van der Waals surface area contributed by atoms with Crippen molar-refractivity contribution in [2.45, 2.75) is 13.8 Å². The Hall–Kier alpha value is -3.66. The normalized spacial score (nSPS) is 10.4. The van der Waals surface area contributed by atoms with Gasteiger partial charge in [-0.25, -0.2) is 4.98 Å². The molecule has 2 N–H and O–H groups in total. The van der Waals surface area contributed by atoms with Crippen molar-refractivity contribution in [3.8, 4) is 10.6 Å². The molecular formula is C19H17N5O4S. The Labute approximate surface area is 170 Å². The fraction of sp³-hybridized carbons (Fsp3) is 0.158. The van der Waals surface area contributed by atoms with Gasteiger partial charge in [0.2, 0.25) is 5.91 Å². The number of hydrogen-bond donors (Lipinski definition) is 2. The first-order valence-electron chi connectivity index (χ1n) is 8.57. The average Bonchev–Trinajstić information content (AvgIpc) is 3.06. The number of thiazole rings is 1. The van der Waals surface area contributed by atoms with E-state index in [2.05, 4.69) is 20.6 Å². The van der Waals surface area contributed by atoms with Crippen molar-refractivity contribution in [3.05, 3.63) is 69.5 Å². The molecule has 0 radical (unpaired) electrons. The molecule has 3 rings (SSSR count). The lowest BCUT2D eigenvalue weighted by Crippen LogP contribution is -2.32. The number of aromatic nitrogens is 2. The van der Waals surface area contributed by atoms with Crippen molar-refractivity contribution in [2.75, 3.05) is 11.9 Å². The number of anilines is 1. The smallest absolute Gasteiger partial charge is 0.273 e. The molecule has 0 fully saturated rings. The van der Waals surface area contributed by atoms with Crippen molar-refractivity contribution in [3.63, 3.8) is 0 Å². The highest BCUT2D eigenvalue weighted by molar-refractivity contribution is 7.19. The molecule has 0 saturated heterocycles. The monoisotopic (exact) mass is 411 g/mol. The summed E-state index contributed by atoms with van der Waals surface area (Å²) in [5, 5.41) is 16.5. The van der Waals surface area contributed by atoms with Gasteiger partial charge in [-0.2, -0.15) is 0 Å². The van der Waals surface area contributed by atoms with Crippen molar-refractivity contribution in [1.29, 1.82) is 0 Å². The molecule has 0 bridgehead atoms. The van der Waals surface area contributed by atoms with E-state index in [0.29, 0.717) is 10.7 Å². The highest BCUT2D eigenvalue weighted by Gasteiger charge is 2.16. The van der Waals surface area contributed by atoms with Gasteiger partial charge in [0.05, 0.1) is 27.7 Å². The van der Waals surface area contributed by atoms with Crippen molar-refractivity contribution in [2.24, 2.45) is 0 Å². The fourth-order valence-electron chi connectivity index (χ4n) is 2.56. The molecule has 0 saturated carbocycles. The van der Waals surface area contributed by atoms with E-state index in [1.807, 2.05) is 25.1 Å². The Morgan fingerprint density at radius 3 is 2.69 bits per heavy atom. The number of rotatable bonds is 6. The fourth-order valence-corrected chi connectivity index (χ4v) is 3.52. The Balaban J connectivity index is 1.61. The third-order valence-corrected chi connectivity index (χ3v) is 5.11. The van der Waals surface area contributed by atoms with Crippen LogP contribution in [0.25, 0.3) is 10.6 Å². The molecule has 2 amide bonds. The minimum atomic E-state index is -0.576. The van der Waals surface area contributed by atoms with E-state index in [1.165, 1.54) is 29.5 Å². The zero-order chi connectivity index (χ0) is 21.0. The zero-order valence-electron chi connectivity index (χ0n) is 15.6. The number of benzene rings is 1. The highest BCUT2D eigenvalue weighted by Crippen LogP contribution is 2.31. The summed E-state index contributed by atoms with van der Waals surface area (Å²) < 4.78 is 0. The molecule has 0 aliphatic carbocycles. The first-order valence-corrected chi connectivity index (χ1v) is 9.38. The number of nitrogens with zero attached hydrogens (tertiary/aromatic N) is 3. The summed E-state index contributed by atoms with van der Waals surface area (Å²) in [6, 6.07) is 9.68. The first kappa shape index (κ1) is 20.1. The lowest BCUT2D eigenvalue weighted by molar-refractivity contribution is -0.385. The first-order chi connectivity index (χ1) is 13.8. The molecule has 29 heavy (non-hydrogen) atoms.